The first kappa shape index (κ1) is 10.8. The summed E-state index contributed by atoms with van der Waals surface area (Å²) in [7, 11) is 1.90. The molecule has 4 N–H and O–H groups in total. The fourth-order valence-corrected chi connectivity index (χ4v) is 1.59. The predicted octanol–water partition coefficient (Wildman–Crippen LogP) is 1.04. The number of aryl methyl sites for hydroxylation is 1. The summed E-state index contributed by atoms with van der Waals surface area (Å²) in [6.07, 6.45) is 0. The number of fused-ring (bicyclic) bond motifs is 1. The van der Waals surface area contributed by atoms with E-state index in [9.17, 15) is 5.11 Å². The number of phenolic OH excluding ortho intramolecular Hbond substituents is 1. The molecular weight excluding hydrogens is 204 g/mol. The smallest absolute Gasteiger partial charge is 0.203 e. The van der Waals surface area contributed by atoms with Gasteiger partial charge in [-0.05, 0) is 19.1 Å². The average Bonchev–Trinajstić information content (AvgIpc) is 2.53. The van der Waals surface area contributed by atoms with E-state index in [0.29, 0.717) is 6.54 Å². The Bertz CT molecular complexity index is 504. The molecular formula is C11H16N4O. The van der Waals surface area contributed by atoms with E-state index in [1.165, 1.54) is 0 Å². The highest BCUT2D eigenvalue weighted by molar-refractivity contribution is 5.80. The van der Waals surface area contributed by atoms with Crippen molar-refractivity contribution in [3.8, 4) is 5.75 Å². The van der Waals surface area contributed by atoms with Gasteiger partial charge in [-0.1, -0.05) is 0 Å². The molecule has 0 radical (unpaired) electrons. The molecule has 2 rings (SSSR count). The topological polar surface area (TPSA) is 76.1 Å². The molecule has 1 heterocycles. The molecule has 86 valence electrons. The van der Waals surface area contributed by atoms with Crippen LogP contribution in [0.1, 0.15) is 6.92 Å². The van der Waals surface area contributed by atoms with Gasteiger partial charge in [0, 0.05) is 25.7 Å². The second kappa shape index (κ2) is 4.02. The van der Waals surface area contributed by atoms with Gasteiger partial charge in [0.15, 0.2) is 0 Å². The van der Waals surface area contributed by atoms with Crippen molar-refractivity contribution in [3.05, 3.63) is 18.2 Å². The minimum atomic E-state index is 0.0771. The van der Waals surface area contributed by atoms with Gasteiger partial charge in [-0.15, -0.1) is 0 Å². The monoisotopic (exact) mass is 220 g/mol. The van der Waals surface area contributed by atoms with Gasteiger partial charge in [0.2, 0.25) is 5.95 Å². The third-order valence-corrected chi connectivity index (χ3v) is 2.45. The van der Waals surface area contributed by atoms with E-state index in [0.717, 1.165) is 17.0 Å². The van der Waals surface area contributed by atoms with Gasteiger partial charge in [0.05, 0.1) is 11.0 Å². The van der Waals surface area contributed by atoms with Crippen molar-refractivity contribution in [2.75, 3.05) is 11.9 Å². The van der Waals surface area contributed by atoms with Gasteiger partial charge in [-0.25, -0.2) is 4.98 Å². The van der Waals surface area contributed by atoms with Crippen LogP contribution in [0, 0.1) is 0 Å². The summed E-state index contributed by atoms with van der Waals surface area (Å²) in [4.78, 5) is 4.41. The normalized spacial score (nSPS) is 12.9. The molecule has 0 fully saturated rings. The summed E-state index contributed by atoms with van der Waals surface area (Å²) in [5, 5.41) is 12.6. The van der Waals surface area contributed by atoms with Crippen LogP contribution in [0.2, 0.25) is 0 Å². The Morgan fingerprint density at radius 2 is 2.31 bits per heavy atom. The molecule has 16 heavy (non-hydrogen) atoms. The van der Waals surface area contributed by atoms with Crippen LogP contribution in [0.4, 0.5) is 5.95 Å². The summed E-state index contributed by atoms with van der Waals surface area (Å²) in [5.74, 6) is 1.01. The van der Waals surface area contributed by atoms with E-state index < -0.39 is 0 Å². The number of aromatic nitrogens is 2. The lowest BCUT2D eigenvalue weighted by atomic mass is 10.3. The molecule has 1 aromatic carbocycles. The minimum Gasteiger partial charge on any atom is -0.508 e. The molecule has 0 bridgehead atoms. The first-order valence-corrected chi connectivity index (χ1v) is 5.23. The van der Waals surface area contributed by atoms with Gasteiger partial charge >= 0.3 is 0 Å². The second-order valence-corrected chi connectivity index (χ2v) is 4.03. The van der Waals surface area contributed by atoms with Crippen molar-refractivity contribution in [2.45, 2.75) is 13.0 Å². The maximum absolute atomic E-state index is 9.40. The number of nitrogens with two attached hydrogens (primary N) is 1. The van der Waals surface area contributed by atoms with Gasteiger partial charge < -0.3 is 20.7 Å². The molecule has 1 aromatic heterocycles. The summed E-state index contributed by atoms with van der Waals surface area (Å²) < 4.78 is 1.90. The number of hydrogen-bond donors (Lipinski definition) is 3. The van der Waals surface area contributed by atoms with Crippen LogP contribution in [0.15, 0.2) is 18.2 Å². The maximum atomic E-state index is 9.40. The van der Waals surface area contributed by atoms with E-state index in [4.69, 9.17) is 5.73 Å². The fraction of sp³-hybridized carbons (Fsp3) is 0.364. The molecule has 0 aliphatic heterocycles. The SMILES string of the molecule is CC(N)CNc1nc2ccc(O)cc2n1C. The Hall–Kier alpha value is -1.75. The van der Waals surface area contributed by atoms with Crippen LogP contribution in [-0.4, -0.2) is 27.2 Å². The number of hydrogen-bond acceptors (Lipinski definition) is 4. The Balaban J connectivity index is 2.36. The summed E-state index contributed by atoms with van der Waals surface area (Å²) in [5.41, 5.74) is 7.42. The zero-order valence-corrected chi connectivity index (χ0v) is 9.44. The highest BCUT2D eigenvalue weighted by Crippen LogP contribution is 2.22. The van der Waals surface area contributed by atoms with Gasteiger partial charge in [0.1, 0.15) is 5.75 Å². The molecule has 0 spiro atoms. The molecule has 1 unspecified atom stereocenters. The highest BCUT2D eigenvalue weighted by atomic mass is 16.3. The fourth-order valence-electron chi connectivity index (χ4n) is 1.59. The molecule has 5 nitrogen and oxygen atoms in total. The van der Waals surface area contributed by atoms with E-state index in [1.807, 2.05) is 18.5 Å². The molecule has 0 aliphatic carbocycles. The third-order valence-electron chi connectivity index (χ3n) is 2.45. The first-order chi connectivity index (χ1) is 7.58. The minimum absolute atomic E-state index is 0.0771. The summed E-state index contributed by atoms with van der Waals surface area (Å²) >= 11 is 0. The Kier molecular flexibility index (Phi) is 2.70. The lowest BCUT2D eigenvalue weighted by Crippen LogP contribution is -2.26. The van der Waals surface area contributed by atoms with Gasteiger partial charge in [-0.2, -0.15) is 0 Å². The van der Waals surface area contributed by atoms with E-state index >= 15 is 0 Å². The third kappa shape index (κ3) is 1.94. The summed E-state index contributed by atoms with van der Waals surface area (Å²) in [6.45, 7) is 2.60. The van der Waals surface area contributed by atoms with Crippen molar-refractivity contribution in [1.82, 2.24) is 9.55 Å². The molecule has 0 amide bonds. The van der Waals surface area contributed by atoms with Crippen molar-refractivity contribution >= 4 is 17.0 Å². The van der Waals surface area contributed by atoms with Crippen LogP contribution in [-0.2, 0) is 7.05 Å². The Morgan fingerprint density at radius 3 is 3.00 bits per heavy atom. The Morgan fingerprint density at radius 1 is 1.56 bits per heavy atom. The Labute approximate surface area is 93.9 Å². The summed E-state index contributed by atoms with van der Waals surface area (Å²) in [6, 6.07) is 5.19. The van der Waals surface area contributed by atoms with Gasteiger partial charge in [0.25, 0.3) is 0 Å². The average molecular weight is 220 g/mol. The predicted molar refractivity (Wildman–Crippen MR) is 64.5 cm³/mol. The highest BCUT2D eigenvalue weighted by Gasteiger charge is 2.07. The maximum Gasteiger partial charge on any atom is 0.203 e. The zero-order valence-electron chi connectivity index (χ0n) is 9.44. The number of anilines is 1. The molecule has 0 aliphatic rings. The van der Waals surface area contributed by atoms with Crippen LogP contribution in [0.3, 0.4) is 0 Å². The molecule has 0 saturated carbocycles. The van der Waals surface area contributed by atoms with Crippen LogP contribution in [0.25, 0.3) is 11.0 Å². The first-order valence-electron chi connectivity index (χ1n) is 5.23. The van der Waals surface area contributed by atoms with Crippen LogP contribution < -0.4 is 11.1 Å². The van der Waals surface area contributed by atoms with Crippen LogP contribution >= 0.6 is 0 Å². The van der Waals surface area contributed by atoms with Gasteiger partial charge in [-0.3, -0.25) is 0 Å². The number of nitrogens with zero attached hydrogens (tertiary/aromatic N) is 2. The zero-order chi connectivity index (χ0) is 11.7. The largest absolute Gasteiger partial charge is 0.508 e. The number of benzene rings is 1. The molecule has 1 atom stereocenters. The van der Waals surface area contributed by atoms with Crippen molar-refractivity contribution in [1.29, 1.82) is 0 Å². The lowest BCUT2D eigenvalue weighted by molar-refractivity contribution is 0.476. The number of aromatic hydroxyl groups is 1. The number of imidazole rings is 1. The second-order valence-electron chi connectivity index (χ2n) is 4.03. The van der Waals surface area contributed by atoms with E-state index in [-0.39, 0.29) is 11.8 Å². The number of nitrogens with one attached hydrogen (secondary N) is 1. The standard InChI is InChI=1S/C11H16N4O/c1-7(12)6-13-11-14-9-4-3-8(16)5-10(9)15(11)2/h3-5,7,16H,6,12H2,1-2H3,(H,13,14). The molecule has 2 aromatic rings. The van der Waals surface area contributed by atoms with Crippen molar-refractivity contribution in [3.63, 3.8) is 0 Å². The van der Waals surface area contributed by atoms with Crippen molar-refractivity contribution < 1.29 is 5.11 Å². The quantitative estimate of drug-likeness (QED) is 0.722. The van der Waals surface area contributed by atoms with E-state index in [1.54, 1.807) is 18.2 Å². The number of rotatable bonds is 3. The number of phenols is 1. The lowest BCUT2D eigenvalue weighted by Gasteiger charge is -2.08. The van der Waals surface area contributed by atoms with Crippen molar-refractivity contribution in [2.24, 2.45) is 12.8 Å². The molecule has 0 saturated heterocycles. The van der Waals surface area contributed by atoms with Crippen LogP contribution in [0.5, 0.6) is 5.75 Å². The van der Waals surface area contributed by atoms with E-state index in [2.05, 4.69) is 10.3 Å². The molecule has 5 heteroatoms.